The average molecular weight is 225 g/mol. The second kappa shape index (κ2) is 3.97. The third-order valence-corrected chi connectivity index (χ3v) is 1.96. The highest BCUT2D eigenvalue weighted by atomic mass is 19.1. The Morgan fingerprint density at radius 2 is 1.88 bits per heavy atom. The van der Waals surface area contributed by atoms with Gasteiger partial charge in [-0.2, -0.15) is 4.98 Å². The normalized spacial score (nSPS) is 12.8. The zero-order chi connectivity index (χ0) is 11.7. The first-order valence-corrected chi connectivity index (χ1v) is 4.62. The molecule has 0 aliphatic carbocycles. The first-order valence-electron chi connectivity index (χ1n) is 4.62. The van der Waals surface area contributed by atoms with E-state index in [2.05, 4.69) is 10.1 Å². The summed E-state index contributed by atoms with van der Waals surface area (Å²) < 4.78 is 30.7. The number of aromatic nitrogens is 2. The molecule has 1 aromatic carbocycles. The molecular weight excluding hydrogens is 216 g/mol. The minimum atomic E-state index is -0.699. The molecule has 6 heteroatoms. The van der Waals surface area contributed by atoms with Crippen LogP contribution in [-0.2, 0) is 0 Å². The minimum absolute atomic E-state index is 0.0469. The van der Waals surface area contributed by atoms with E-state index in [4.69, 9.17) is 10.3 Å². The molecule has 0 fully saturated rings. The number of halogens is 2. The molecule has 0 spiro atoms. The second-order valence-electron chi connectivity index (χ2n) is 3.40. The van der Waals surface area contributed by atoms with Gasteiger partial charge in [0.1, 0.15) is 11.6 Å². The molecule has 0 radical (unpaired) electrons. The smallest absolute Gasteiger partial charge is 0.258 e. The SMILES string of the molecule is CC(N)c1noc(-c2cc(F)cc(F)c2)n1. The quantitative estimate of drug-likeness (QED) is 0.849. The van der Waals surface area contributed by atoms with Crippen LogP contribution in [0.2, 0.25) is 0 Å². The Bertz CT molecular complexity index is 490. The van der Waals surface area contributed by atoms with Crippen LogP contribution in [0, 0.1) is 11.6 Å². The molecule has 2 N–H and O–H groups in total. The van der Waals surface area contributed by atoms with E-state index in [0.717, 1.165) is 18.2 Å². The maximum absolute atomic E-state index is 12.9. The van der Waals surface area contributed by atoms with E-state index in [1.807, 2.05) is 0 Å². The zero-order valence-corrected chi connectivity index (χ0v) is 8.45. The lowest BCUT2D eigenvalue weighted by Crippen LogP contribution is -2.06. The summed E-state index contributed by atoms with van der Waals surface area (Å²) in [6.07, 6.45) is 0. The third kappa shape index (κ3) is 2.06. The molecule has 0 aliphatic heterocycles. The van der Waals surface area contributed by atoms with Gasteiger partial charge in [-0.25, -0.2) is 8.78 Å². The van der Waals surface area contributed by atoms with Crippen LogP contribution in [0.5, 0.6) is 0 Å². The fourth-order valence-corrected chi connectivity index (χ4v) is 1.21. The van der Waals surface area contributed by atoms with Gasteiger partial charge in [-0.1, -0.05) is 5.16 Å². The van der Waals surface area contributed by atoms with Crippen LogP contribution in [0.15, 0.2) is 22.7 Å². The Balaban J connectivity index is 2.42. The highest BCUT2D eigenvalue weighted by molar-refractivity contribution is 5.52. The van der Waals surface area contributed by atoms with Crippen LogP contribution in [0.25, 0.3) is 11.5 Å². The number of nitrogens with two attached hydrogens (primary N) is 1. The van der Waals surface area contributed by atoms with Crippen molar-refractivity contribution in [2.45, 2.75) is 13.0 Å². The van der Waals surface area contributed by atoms with E-state index < -0.39 is 17.7 Å². The second-order valence-corrected chi connectivity index (χ2v) is 3.40. The predicted octanol–water partition coefficient (Wildman–Crippen LogP) is 2.03. The van der Waals surface area contributed by atoms with Crippen LogP contribution >= 0.6 is 0 Å². The molecule has 2 aromatic rings. The van der Waals surface area contributed by atoms with E-state index in [0.29, 0.717) is 5.82 Å². The van der Waals surface area contributed by atoms with Crippen molar-refractivity contribution in [3.05, 3.63) is 35.7 Å². The molecular formula is C10H9F2N3O. The van der Waals surface area contributed by atoms with Gasteiger partial charge in [-0.05, 0) is 19.1 Å². The monoisotopic (exact) mass is 225 g/mol. The summed E-state index contributed by atoms with van der Waals surface area (Å²) in [7, 11) is 0. The highest BCUT2D eigenvalue weighted by Crippen LogP contribution is 2.20. The summed E-state index contributed by atoms with van der Waals surface area (Å²) >= 11 is 0. The highest BCUT2D eigenvalue weighted by Gasteiger charge is 2.13. The minimum Gasteiger partial charge on any atom is -0.334 e. The molecule has 16 heavy (non-hydrogen) atoms. The summed E-state index contributed by atoms with van der Waals surface area (Å²) in [4.78, 5) is 3.93. The number of hydrogen-bond acceptors (Lipinski definition) is 4. The van der Waals surface area contributed by atoms with Crippen LogP contribution in [0.3, 0.4) is 0 Å². The van der Waals surface area contributed by atoms with E-state index in [1.54, 1.807) is 6.92 Å². The van der Waals surface area contributed by atoms with Gasteiger partial charge >= 0.3 is 0 Å². The zero-order valence-electron chi connectivity index (χ0n) is 8.45. The molecule has 84 valence electrons. The first kappa shape index (κ1) is 10.7. The van der Waals surface area contributed by atoms with Gasteiger partial charge in [-0.3, -0.25) is 0 Å². The molecule has 2 rings (SSSR count). The van der Waals surface area contributed by atoms with Crippen molar-refractivity contribution in [1.29, 1.82) is 0 Å². The van der Waals surface area contributed by atoms with Crippen LogP contribution in [-0.4, -0.2) is 10.1 Å². The fraction of sp³-hybridized carbons (Fsp3) is 0.200. The number of hydrogen-bond donors (Lipinski definition) is 1. The van der Waals surface area contributed by atoms with Gasteiger partial charge in [0.15, 0.2) is 5.82 Å². The van der Waals surface area contributed by atoms with Gasteiger partial charge in [0, 0.05) is 11.6 Å². The van der Waals surface area contributed by atoms with E-state index in [9.17, 15) is 8.78 Å². The van der Waals surface area contributed by atoms with Crippen molar-refractivity contribution in [3.63, 3.8) is 0 Å². The Labute approximate surface area is 90.1 Å². The van der Waals surface area contributed by atoms with E-state index in [-0.39, 0.29) is 11.5 Å². The summed E-state index contributed by atoms with van der Waals surface area (Å²) in [5, 5.41) is 3.60. The maximum atomic E-state index is 12.9. The molecule has 0 saturated heterocycles. The largest absolute Gasteiger partial charge is 0.334 e. The molecule has 1 heterocycles. The van der Waals surface area contributed by atoms with Gasteiger partial charge < -0.3 is 10.3 Å². The lowest BCUT2D eigenvalue weighted by Gasteiger charge is -1.96. The topological polar surface area (TPSA) is 64.9 Å². The van der Waals surface area contributed by atoms with E-state index >= 15 is 0 Å². The summed E-state index contributed by atoms with van der Waals surface area (Å²) in [6.45, 7) is 1.68. The van der Waals surface area contributed by atoms with Gasteiger partial charge in [0.2, 0.25) is 0 Å². The van der Waals surface area contributed by atoms with Gasteiger partial charge in [0.25, 0.3) is 5.89 Å². The van der Waals surface area contributed by atoms with Crippen molar-refractivity contribution < 1.29 is 13.3 Å². The van der Waals surface area contributed by atoms with Crippen LogP contribution in [0.1, 0.15) is 18.8 Å². The average Bonchev–Trinajstić information content (AvgIpc) is 2.64. The van der Waals surface area contributed by atoms with Crippen LogP contribution < -0.4 is 5.73 Å². The van der Waals surface area contributed by atoms with Crippen LogP contribution in [0.4, 0.5) is 8.78 Å². The van der Waals surface area contributed by atoms with Crippen molar-refractivity contribution in [3.8, 4) is 11.5 Å². The lowest BCUT2D eigenvalue weighted by molar-refractivity contribution is 0.417. The molecule has 1 unspecified atom stereocenters. The Hall–Kier alpha value is -1.82. The Morgan fingerprint density at radius 3 is 2.38 bits per heavy atom. The standard InChI is InChI=1S/C10H9F2N3O/c1-5(13)9-14-10(16-15-9)6-2-7(11)4-8(12)3-6/h2-5H,13H2,1H3. The molecule has 0 saturated carbocycles. The van der Waals surface area contributed by atoms with E-state index in [1.165, 1.54) is 0 Å². The predicted molar refractivity (Wildman–Crippen MR) is 52.3 cm³/mol. The first-order chi connectivity index (χ1) is 7.56. The number of rotatable bonds is 2. The van der Waals surface area contributed by atoms with Crippen molar-refractivity contribution in [2.75, 3.05) is 0 Å². The summed E-state index contributed by atoms with van der Waals surface area (Å²) in [6, 6.07) is 2.60. The number of benzene rings is 1. The molecule has 1 atom stereocenters. The maximum Gasteiger partial charge on any atom is 0.258 e. The van der Waals surface area contributed by atoms with Crippen molar-refractivity contribution in [2.24, 2.45) is 5.73 Å². The lowest BCUT2D eigenvalue weighted by atomic mass is 10.2. The number of nitrogens with zero attached hydrogens (tertiary/aromatic N) is 2. The van der Waals surface area contributed by atoms with Gasteiger partial charge in [-0.15, -0.1) is 0 Å². The Kier molecular flexibility index (Phi) is 2.66. The van der Waals surface area contributed by atoms with Crippen molar-refractivity contribution >= 4 is 0 Å². The third-order valence-electron chi connectivity index (χ3n) is 1.96. The Morgan fingerprint density at radius 1 is 1.25 bits per heavy atom. The molecule has 0 bridgehead atoms. The van der Waals surface area contributed by atoms with Crippen molar-refractivity contribution in [1.82, 2.24) is 10.1 Å². The molecule has 0 amide bonds. The summed E-state index contributed by atoms with van der Waals surface area (Å²) in [5.74, 6) is -1.06. The molecule has 4 nitrogen and oxygen atoms in total. The van der Waals surface area contributed by atoms with Gasteiger partial charge in [0.05, 0.1) is 6.04 Å². The molecule has 0 aliphatic rings. The fourth-order valence-electron chi connectivity index (χ4n) is 1.21. The molecule has 1 aromatic heterocycles. The summed E-state index contributed by atoms with van der Waals surface area (Å²) in [5.41, 5.74) is 5.72.